The maximum absolute atomic E-state index is 12.9. The minimum atomic E-state index is -5.82. The number of alkyl halides is 5. The van der Waals surface area contributed by atoms with Gasteiger partial charge in [-0.1, -0.05) is 12.1 Å². The topological polar surface area (TPSA) is 43.4 Å². The average molecular weight is 290 g/mol. The van der Waals surface area contributed by atoms with Gasteiger partial charge >= 0.3 is 15.6 Å². The number of rotatable bonds is 4. The Balaban J connectivity index is 3.00. The zero-order valence-corrected chi connectivity index (χ0v) is 9.43. The van der Waals surface area contributed by atoms with Crippen molar-refractivity contribution in [2.24, 2.45) is 0 Å². The van der Waals surface area contributed by atoms with Crippen molar-refractivity contribution in [3.63, 3.8) is 0 Å². The fourth-order valence-electron chi connectivity index (χ4n) is 1.02. The van der Waals surface area contributed by atoms with Crippen LogP contribution >= 0.6 is 0 Å². The Kier molecular flexibility index (Phi) is 4.15. The molecule has 0 unspecified atom stereocenters. The number of halogens is 5. The molecule has 1 aromatic carbocycles. The molecule has 0 heterocycles. The van der Waals surface area contributed by atoms with Gasteiger partial charge < -0.3 is 4.18 Å². The molecule has 0 fully saturated rings. The largest absolute Gasteiger partial charge is 0.534 e. The van der Waals surface area contributed by atoms with Crippen molar-refractivity contribution < 1.29 is 34.6 Å². The first-order valence-corrected chi connectivity index (χ1v) is 5.89. The van der Waals surface area contributed by atoms with Gasteiger partial charge in [-0.15, -0.1) is 0 Å². The van der Waals surface area contributed by atoms with Gasteiger partial charge in [0.25, 0.3) is 0 Å². The van der Waals surface area contributed by atoms with E-state index in [1.807, 2.05) is 0 Å². The quantitative estimate of drug-likeness (QED) is 0.486. The third-order valence-electron chi connectivity index (χ3n) is 1.84. The SMILES string of the molecule is O=S(=O)(Oc1cccc([C@H](F)CF)c1)C(F)(F)F. The molecule has 0 spiro atoms. The normalized spacial score (nSPS) is 14.3. The van der Waals surface area contributed by atoms with E-state index in [2.05, 4.69) is 4.18 Å². The Morgan fingerprint density at radius 2 is 1.89 bits per heavy atom. The van der Waals surface area contributed by atoms with Crippen molar-refractivity contribution in [1.29, 1.82) is 0 Å². The van der Waals surface area contributed by atoms with Gasteiger partial charge in [0, 0.05) is 0 Å². The molecule has 0 aromatic heterocycles. The highest BCUT2D eigenvalue weighted by Crippen LogP contribution is 2.28. The van der Waals surface area contributed by atoms with Crippen molar-refractivity contribution in [3.05, 3.63) is 29.8 Å². The predicted octanol–water partition coefficient (Wildman–Crippen LogP) is 2.90. The molecule has 0 radical (unpaired) electrons. The number of benzene rings is 1. The van der Waals surface area contributed by atoms with E-state index in [0.717, 1.165) is 18.2 Å². The molecule has 0 bridgehead atoms. The zero-order valence-electron chi connectivity index (χ0n) is 8.62. The average Bonchev–Trinajstić information content (AvgIpc) is 2.26. The van der Waals surface area contributed by atoms with Crippen LogP contribution in [-0.2, 0) is 10.1 Å². The lowest BCUT2D eigenvalue weighted by Gasteiger charge is -2.10. The Labute approximate surface area is 99.3 Å². The maximum atomic E-state index is 12.9. The minimum absolute atomic E-state index is 0.313. The molecule has 0 aliphatic heterocycles. The van der Waals surface area contributed by atoms with Crippen molar-refractivity contribution >= 4 is 10.1 Å². The van der Waals surface area contributed by atoms with Crippen molar-refractivity contribution in [2.45, 2.75) is 11.7 Å². The lowest BCUT2D eigenvalue weighted by molar-refractivity contribution is -0.0500. The van der Waals surface area contributed by atoms with E-state index in [9.17, 15) is 30.4 Å². The zero-order chi connectivity index (χ0) is 14.0. The minimum Gasteiger partial charge on any atom is -0.376 e. The Morgan fingerprint density at radius 3 is 2.39 bits per heavy atom. The summed E-state index contributed by atoms with van der Waals surface area (Å²) in [5, 5.41) is 0. The molecular formula is C9H7F5O3S. The molecule has 0 aliphatic rings. The Bertz CT molecular complexity index is 511. The molecule has 0 amide bonds. The summed E-state index contributed by atoms with van der Waals surface area (Å²) >= 11 is 0. The second-order valence-electron chi connectivity index (χ2n) is 3.18. The van der Waals surface area contributed by atoms with Crippen molar-refractivity contribution in [1.82, 2.24) is 0 Å². The summed E-state index contributed by atoms with van der Waals surface area (Å²) in [5.74, 6) is -0.735. The van der Waals surface area contributed by atoms with Gasteiger partial charge in [-0.25, -0.2) is 8.78 Å². The summed E-state index contributed by atoms with van der Waals surface area (Å²) in [5.41, 5.74) is -5.90. The number of hydrogen-bond donors (Lipinski definition) is 0. The highest BCUT2D eigenvalue weighted by atomic mass is 32.2. The molecule has 18 heavy (non-hydrogen) atoms. The molecule has 1 rings (SSSR count). The lowest BCUT2D eigenvalue weighted by Crippen LogP contribution is -2.28. The summed E-state index contributed by atoms with van der Waals surface area (Å²) < 4.78 is 86.0. The fraction of sp³-hybridized carbons (Fsp3) is 0.333. The monoisotopic (exact) mass is 290 g/mol. The lowest BCUT2D eigenvalue weighted by atomic mass is 10.1. The van der Waals surface area contributed by atoms with Gasteiger partial charge in [-0.2, -0.15) is 21.6 Å². The summed E-state index contributed by atoms with van der Waals surface area (Å²) in [6.07, 6.45) is -2.05. The van der Waals surface area contributed by atoms with E-state index >= 15 is 0 Å². The summed E-state index contributed by atoms with van der Waals surface area (Å²) in [7, 11) is -5.82. The van der Waals surface area contributed by atoms with Crippen molar-refractivity contribution in [3.8, 4) is 5.75 Å². The summed E-state index contributed by atoms with van der Waals surface area (Å²) in [6, 6.07) is 3.72. The van der Waals surface area contributed by atoms with Crippen LogP contribution in [-0.4, -0.2) is 20.6 Å². The Morgan fingerprint density at radius 1 is 1.28 bits per heavy atom. The second kappa shape index (κ2) is 5.09. The molecule has 0 saturated carbocycles. The van der Waals surface area contributed by atoms with E-state index in [-0.39, 0.29) is 5.56 Å². The van der Waals surface area contributed by atoms with Crippen LogP contribution in [0.15, 0.2) is 24.3 Å². The van der Waals surface area contributed by atoms with Crippen LogP contribution in [0.4, 0.5) is 22.0 Å². The Hall–Kier alpha value is -1.38. The van der Waals surface area contributed by atoms with Gasteiger partial charge in [-0.05, 0) is 17.7 Å². The van der Waals surface area contributed by atoms with Crippen LogP contribution in [0.25, 0.3) is 0 Å². The van der Waals surface area contributed by atoms with Crippen LogP contribution in [0.2, 0.25) is 0 Å². The van der Waals surface area contributed by atoms with Crippen LogP contribution in [0, 0.1) is 0 Å². The first kappa shape index (κ1) is 14.7. The van der Waals surface area contributed by atoms with E-state index < -0.39 is 34.2 Å². The van der Waals surface area contributed by atoms with E-state index in [4.69, 9.17) is 0 Å². The molecule has 1 aromatic rings. The van der Waals surface area contributed by atoms with Gasteiger partial charge in [0.15, 0.2) is 6.17 Å². The standard InChI is InChI=1S/C9H7F5O3S/c10-5-8(11)6-2-1-3-7(4-6)17-18(15,16)9(12,13)14/h1-4,8H,5H2/t8-/m1/s1. The molecule has 9 heteroatoms. The smallest absolute Gasteiger partial charge is 0.376 e. The molecule has 0 aliphatic carbocycles. The summed E-state index contributed by atoms with van der Waals surface area (Å²) in [4.78, 5) is 0. The van der Waals surface area contributed by atoms with Gasteiger partial charge in [0.05, 0.1) is 0 Å². The highest BCUT2D eigenvalue weighted by Gasteiger charge is 2.48. The van der Waals surface area contributed by atoms with Crippen LogP contribution in [0.5, 0.6) is 5.75 Å². The maximum Gasteiger partial charge on any atom is 0.534 e. The third-order valence-corrected chi connectivity index (χ3v) is 2.82. The second-order valence-corrected chi connectivity index (χ2v) is 4.72. The molecular weight excluding hydrogens is 283 g/mol. The molecule has 1 atom stereocenters. The molecule has 0 N–H and O–H groups in total. The van der Waals surface area contributed by atoms with E-state index in [1.54, 1.807) is 0 Å². The van der Waals surface area contributed by atoms with Gasteiger partial charge in [0.2, 0.25) is 0 Å². The molecule has 3 nitrogen and oxygen atoms in total. The highest BCUT2D eigenvalue weighted by molar-refractivity contribution is 7.87. The van der Waals surface area contributed by atoms with E-state index in [1.165, 1.54) is 0 Å². The first-order valence-electron chi connectivity index (χ1n) is 4.48. The van der Waals surface area contributed by atoms with Crippen LogP contribution < -0.4 is 4.18 Å². The van der Waals surface area contributed by atoms with Gasteiger partial charge in [-0.3, -0.25) is 0 Å². The number of hydrogen-bond acceptors (Lipinski definition) is 3. The molecule has 102 valence electrons. The van der Waals surface area contributed by atoms with E-state index in [0.29, 0.717) is 6.07 Å². The molecule has 0 saturated heterocycles. The van der Waals surface area contributed by atoms with Crippen molar-refractivity contribution in [2.75, 3.05) is 6.67 Å². The predicted molar refractivity (Wildman–Crippen MR) is 51.9 cm³/mol. The van der Waals surface area contributed by atoms with Gasteiger partial charge in [0.1, 0.15) is 12.4 Å². The van der Waals surface area contributed by atoms with Crippen LogP contribution in [0.3, 0.4) is 0 Å². The summed E-state index contributed by atoms with van der Waals surface area (Å²) in [6.45, 7) is -1.38. The first-order chi connectivity index (χ1) is 8.17. The fourth-order valence-corrected chi connectivity index (χ4v) is 1.48. The van der Waals surface area contributed by atoms with Crippen LogP contribution in [0.1, 0.15) is 11.7 Å². The third kappa shape index (κ3) is 3.31.